The number of hydrogen-bond donors (Lipinski definition) is 2. The highest BCUT2D eigenvalue weighted by atomic mass is 19.1. The summed E-state index contributed by atoms with van der Waals surface area (Å²) >= 11 is 0. The number of amides is 1. The van der Waals surface area contributed by atoms with E-state index in [1.807, 2.05) is 0 Å². The second kappa shape index (κ2) is 7.23. The highest BCUT2D eigenvalue weighted by Gasteiger charge is 2.06. The predicted molar refractivity (Wildman–Crippen MR) is 94.8 cm³/mol. The minimum Gasteiger partial charge on any atom is -0.355 e. The van der Waals surface area contributed by atoms with E-state index in [4.69, 9.17) is 5.26 Å². The summed E-state index contributed by atoms with van der Waals surface area (Å²) in [6.45, 7) is 0. The fourth-order valence-electron chi connectivity index (χ4n) is 2.35. The van der Waals surface area contributed by atoms with Gasteiger partial charge in [-0.2, -0.15) is 5.26 Å². The van der Waals surface area contributed by atoms with Gasteiger partial charge in [0.1, 0.15) is 5.82 Å². The Balaban J connectivity index is 1.93. The van der Waals surface area contributed by atoms with Crippen LogP contribution < -0.4 is 10.6 Å². The lowest BCUT2D eigenvalue weighted by atomic mass is 10.1. The molecule has 3 aromatic rings. The average molecular weight is 332 g/mol. The van der Waals surface area contributed by atoms with Crippen molar-refractivity contribution in [2.45, 2.75) is 0 Å². The molecule has 1 aromatic heterocycles. The molecule has 0 bridgehead atoms. The van der Waals surface area contributed by atoms with Gasteiger partial charge in [-0.3, -0.25) is 9.78 Å². The molecule has 0 unspecified atom stereocenters. The fourth-order valence-corrected chi connectivity index (χ4v) is 2.35. The molecule has 0 aliphatic rings. The second-order valence-electron chi connectivity index (χ2n) is 5.18. The lowest BCUT2D eigenvalue weighted by molar-refractivity contribution is -0.111. The molecular formula is C19H13FN4O. The van der Waals surface area contributed by atoms with Gasteiger partial charge < -0.3 is 10.6 Å². The number of fused-ring (bicyclic) bond motifs is 1. The molecule has 0 atom stereocenters. The van der Waals surface area contributed by atoms with Crippen molar-refractivity contribution in [2.24, 2.45) is 0 Å². The summed E-state index contributed by atoms with van der Waals surface area (Å²) in [6, 6.07) is 14.9. The molecule has 122 valence electrons. The number of rotatable bonds is 4. The number of pyridine rings is 1. The summed E-state index contributed by atoms with van der Waals surface area (Å²) in [4.78, 5) is 16.0. The number of aromatic nitrogens is 1. The zero-order valence-electron chi connectivity index (χ0n) is 13.0. The molecule has 3 rings (SSSR count). The molecule has 1 heterocycles. The van der Waals surface area contributed by atoms with E-state index < -0.39 is 5.91 Å². The molecule has 0 saturated heterocycles. The summed E-state index contributed by atoms with van der Waals surface area (Å²) in [5.41, 5.74) is 2.64. The monoisotopic (exact) mass is 332 g/mol. The zero-order chi connectivity index (χ0) is 17.6. The molecule has 1 amide bonds. The van der Waals surface area contributed by atoms with Crippen LogP contribution in [0.1, 0.15) is 0 Å². The van der Waals surface area contributed by atoms with Crippen LogP contribution in [0.4, 0.5) is 21.5 Å². The average Bonchev–Trinajstić information content (AvgIpc) is 2.60. The van der Waals surface area contributed by atoms with Crippen LogP contribution in [-0.2, 0) is 4.79 Å². The van der Waals surface area contributed by atoms with Gasteiger partial charge in [0.05, 0.1) is 11.6 Å². The van der Waals surface area contributed by atoms with Gasteiger partial charge in [-0.05, 0) is 42.5 Å². The minimum absolute atomic E-state index is 0.333. The highest BCUT2D eigenvalue weighted by molar-refractivity contribution is 6.02. The second-order valence-corrected chi connectivity index (χ2v) is 5.18. The van der Waals surface area contributed by atoms with Gasteiger partial charge in [-0.1, -0.05) is 6.07 Å². The molecule has 2 aromatic carbocycles. The van der Waals surface area contributed by atoms with Crippen LogP contribution in [0.25, 0.3) is 10.9 Å². The Bertz CT molecular complexity index is 1010. The van der Waals surface area contributed by atoms with Crippen LogP contribution in [0.15, 0.2) is 66.9 Å². The van der Waals surface area contributed by atoms with Crippen molar-refractivity contribution in [2.75, 3.05) is 10.6 Å². The number of benzene rings is 2. The van der Waals surface area contributed by atoms with Gasteiger partial charge in [0.2, 0.25) is 5.91 Å². The van der Waals surface area contributed by atoms with Crippen LogP contribution in [0.3, 0.4) is 0 Å². The van der Waals surface area contributed by atoms with Crippen LogP contribution in [0.2, 0.25) is 0 Å². The molecule has 0 aliphatic heterocycles. The first-order valence-corrected chi connectivity index (χ1v) is 7.44. The quantitative estimate of drug-likeness (QED) is 0.556. The fraction of sp³-hybridized carbons (Fsp3) is 0. The smallest absolute Gasteiger partial charge is 0.249 e. The van der Waals surface area contributed by atoms with E-state index in [-0.39, 0.29) is 5.82 Å². The lowest BCUT2D eigenvalue weighted by Crippen LogP contribution is -2.07. The number of carbonyl (C=O) groups is 1. The third-order valence-corrected chi connectivity index (χ3v) is 3.42. The highest BCUT2D eigenvalue weighted by Crippen LogP contribution is 2.27. The van der Waals surface area contributed by atoms with Crippen molar-refractivity contribution < 1.29 is 9.18 Å². The molecule has 5 nitrogen and oxygen atoms in total. The Morgan fingerprint density at radius 2 is 2.04 bits per heavy atom. The standard InChI is InChI=1S/C19H13FN4O/c20-13-3-1-4-14(11-13)23-18-8-10-22-17-7-6-15(12-16(17)18)24-19(25)5-2-9-21/h1-8,10-12H,(H,22,23)(H,24,25). The number of allylic oxidation sites excluding steroid dienone is 1. The van der Waals surface area contributed by atoms with Crippen molar-refractivity contribution in [1.29, 1.82) is 5.26 Å². The normalized spacial score (nSPS) is 10.6. The first-order valence-electron chi connectivity index (χ1n) is 7.44. The molecule has 0 aliphatic carbocycles. The maximum atomic E-state index is 13.4. The molecule has 25 heavy (non-hydrogen) atoms. The van der Waals surface area contributed by atoms with Gasteiger partial charge >= 0.3 is 0 Å². The third-order valence-electron chi connectivity index (χ3n) is 3.42. The molecule has 0 saturated carbocycles. The van der Waals surface area contributed by atoms with Crippen molar-refractivity contribution >= 4 is 33.9 Å². The van der Waals surface area contributed by atoms with Gasteiger partial charge in [-0.25, -0.2) is 4.39 Å². The van der Waals surface area contributed by atoms with Gasteiger partial charge in [0, 0.05) is 40.8 Å². The Hall–Kier alpha value is -3.72. The summed E-state index contributed by atoms with van der Waals surface area (Å²) in [5.74, 6) is -0.731. The zero-order valence-corrected chi connectivity index (χ0v) is 13.0. The predicted octanol–water partition coefficient (Wildman–Crippen LogP) is 4.14. The molecule has 0 spiro atoms. The van der Waals surface area contributed by atoms with E-state index in [9.17, 15) is 9.18 Å². The van der Waals surface area contributed by atoms with Crippen molar-refractivity contribution in [3.63, 3.8) is 0 Å². The van der Waals surface area contributed by atoms with Crippen molar-refractivity contribution in [3.8, 4) is 6.07 Å². The Morgan fingerprint density at radius 1 is 1.16 bits per heavy atom. The Morgan fingerprint density at radius 3 is 2.84 bits per heavy atom. The minimum atomic E-state index is -0.399. The summed E-state index contributed by atoms with van der Waals surface area (Å²) in [6.07, 6.45) is 3.91. The van der Waals surface area contributed by atoms with Crippen LogP contribution >= 0.6 is 0 Å². The van der Waals surface area contributed by atoms with Crippen LogP contribution in [0, 0.1) is 17.1 Å². The molecular weight excluding hydrogens is 319 g/mol. The van der Waals surface area contributed by atoms with Crippen molar-refractivity contribution in [1.82, 2.24) is 4.98 Å². The summed E-state index contributed by atoms with van der Waals surface area (Å²) < 4.78 is 13.4. The van der Waals surface area contributed by atoms with Gasteiger partial charge in [0.15, 0.2) is 0 Å². The van der Waals surface area contributed by atoms with Gasteiger partial charge in [0.25, 0.3) is 0 Å². The Kier molecular flexibility index (Phi) is 4.67. The SMILES string of the molecule is N#CC=CC(=O)Nc1ccc2nccc(Nc3cccc(F)c3)c2c1. The number of halogens is 1. The van der Waals surface area contributed by atoms with E-state index >= 15 is 0 Å². The number of carbonyl (C=O) groups excluding carboxylic acids is 1. The van der Waals surface area contributed by atoms with E-state index in [1.54, 1.807) is 48.7 Å². The molecule has 0 fully saturated rings. The maximum Gasteiger partial charge on any atom is 0.249 e. The first-order chi connectivity index (χ1) is 12.2. The van der Waals surface area contributed by atoms with Gasteiger partial charge in [-0.15, -0.1) is 0 Å². The summed E-state index contributed by atoms with van der Waals surface area (Å²) in [5, 5.41) is 15.1. The topological polar surface area (TPSA) is 77.8 Å². The number of nitriles is 1. The molecule has 2 N–H and O–H groups in total. The molecule has 0 radical (unpaired) electrons. The van der Waals surface area contributed by atoms with Crippen LogP contribution in [-0.4, -0.2) is 10.9 Å². The molecule has 6 heteroatoms. The van der Waals surface area contributed by atoms with Crippen molar-refractivity contribution in [3.05, 3.63) is 72.7 Å². The lowest BCUT2D eigenvalue weighted by Gasteiger charge is -2.11. The maximum absolute atomic E-state index is 13.4. The number of hydrogen-bond acceptors (Lipinski definition) is 4. The first kappa shape index (κ1) is 16.1. The van der Waals surface area contributed by atoms with E-state index in [2.05, 4.69) is 15.6 Å². The van der Waals surface area contributed by atoms with E-state index in [0.29, 0.717) is 11.4 Å². The largest absolute Gasteiger partial charge is 0.355 e. The third kappa shape index (κ3) is 3.98. The van der Waals surface area contributed by atoms with Crippen LogP contribution in [0.5, 0.6) is 0 Å². The summed E-state index contributed by atoms with van der Waals surface area (Å²) in [7, 11) is 0. The Labute approximate surface area is 143 Å². The number of anilines is 3. The van der Waals surface area contributed by atoms with E-state index in [1.165, 1.54) is 12.1 Å². The number of nitrogens with zero attached hydrogens (tertiary/aromatic N) is 2. The van der Waals surface area contributed by atoms with E-state index in [0.717, 1.165) is 28.7 Å². The number of nitrogens with one attached hydrogen (secondary N) is 2.